The summed E-state index contributed by atoms with van der Waals surface area (Å²) in [5, 5.41) is 4.12. The fourth-order valence-electron chi connectivity index (χ4n) is 7.73. The van der Waals surface area contributed by atoms with Gasteiger partial charge in [-0.25, -0.2) is 4.98 Å². The third-order valence-electron chi connectivity index (χ3n) is 10.3. The number of carbonyl (C=O) groups excluding carboxylic acids is 1. The van der Waals surface area contributed by atoms with E-state index >= 15 is 0 Å². The molecule has 2 saturated carbocycles. The van der Waals surface area contributed by atoms with E-state index in [1.165, 1.54) is 44.5 Å². The molecule has 7 heteroatoms. The molecule has 0 spiro atoms. The average Bonchev–Trinajstić information content (AvgIpc) is 3.85. The van der Waals surface area contributed by atoms with E-state index in [9.17, 15) is 18.0 Å². The van der Waals surface area contributed by atoms with Gasteiger partial charge in [0.25, 0.3) is 5.91 Å². The van der Waals surface area contributed by atoms with Gasteiger partial charge in [0, 0.05) is 17.0 Å². The lowest BCUT2D eigenvalue weighted by molar-refractivity contribution is -0.137. The Hall–Kier alpha value is -3.71. The van der Waals surface area contributed by atoms with Crippen LogP contribution < -0.4 is 5.32 Å². The van der Waals surface area contributed by atoms with E-state index < -0.39 is 17.3 Å². The quantitative estimate of drug-likeness (QED) is 0.227. The molecular formula is C38H40F3N3O. The highest BCUT2D eigenvalue weighted by atomic mass is 19.4. The molecule has 45 heavy (non-hydrogen) atoms. The highest BCUT2D eigenvalue weighted by Gasteiger charge is 2.46. The molecule has 1 aliphatic heterocycles. The second-order valence-corrected chi connectivity index (χ2v) is 13.3. The maximum absolute atomic E-state index is 14.5. The summed E-state index contributed by atoms with van der Waals surface area (Å²) in [7, 11) is 0. The van der Waals surface area contributed by atoms with Crippen LogP contribution in [0, 0.1) is 5.92 Å². The molecule has 1 amide bonds. The summed E-state index contributed by atoms with van der Waals surface area (Å²) in [6, 6.07) is 23.6. The smallest absolute Gasteiger partial charge is 0.342 e. The van der Waals surface area contributed by atoms with Crippen LogP contribution in [0.25, 0.3) is 22.2 Å². The van der Waals surface area contributed by atoms with E-state index in [1.54, 1.807) is 6.07 Å². The van der Waals surface area contributed by atoms with Crippen molar-refractivity contribution in [3.8, 4) is 11.3 Å². The Balaban J connectivity index is 1.29. The number of fused-ring (bicyclic) bond motifs is 1. The van der Waals surface area contributed by atoms with Crippen molar-refractivity contribution in [2.75, 3.05) is 13.1 Å². The summed E-state index contributed by atoms with van der Waals surface area (Å²) in [4.78, 5) is 22.1. The average molecular weight is 612 g/mol. The molecule has 0 bridgehead atoms. The lowest BCUT2D eigenvalue weighted by Crippen LogP contribution is -2.41. The molecule has 7 rings (SSSR count). The molecule has 1 N–H and O–H groups in total. The number of para-hydroxylation sites is 1. The fraction of sp³-hybridized carbons (Fsp3) is 0.421. The minimum absolute atomic E-state index is 0.180. The molecule has 2 aliphatic carbocycles. The first-order valence-electron chi connectivity index (χ1n) is 16.5. The lowest BCUT2D eigenvalue weighted by Gasteiger charge is -2.39. The van der Waals surface area contributed by atoms with Crippen molar-refractivity contribution < 1.29 is 18.0 Å². The number of rotatable bonds is 7. The number of benzene rings is 3. The number of likely N-dealkylation sites (tertiary alicyclic amines) is 1. The second kappa shape index (κ2) is 12.2. The number of pyridine rings is 1. The molecule has 1 saturated heterocycles. The van der Waals surface area contributed by atoms with Crippen molar-refractivity contribution in [1.82, 2.24) is 15.2 Å². The van der Waals surface area contributed by atoms with Crippen LogP contribution in [0.2, 0.25) is 0 Å². The third-order valence-corrected chi connectivity index (χ3v) is 10.3. The number of nitrogens with zero attached hydrogens (tertiary/aromatic N) is 2. The number of alkyl halides is 3. The molecule has 234 valence electrons. The predicted octanol–water partition coefficient (Wildman–Crippen LogP) is 8.93. The van der Waals surface area contributed by atoms with E-state index in [4.69, 9.17) is 4.98 Å². The molecule has 4 aromatic rings. The van der Waals surface area contributed by atoms with Crippen molar-refractivity contribution in [3.05, 3.63) is 101 Å². The number of amides is 1. The largest absolute Gasteiger partial charge is 0.416 e. The molecule has 1 aromatic heterocycles. The summed E-state index contributed by atoms with van der Waals surface area (Å²) >= 11 is 0. The van der Waals surface area contributed by atoms with Gasteiger partial charge >= 0.3 is 6.18 Å². The number of hydrogen-bond donors (Lipinski definition) is 1. The molecule has 0 atom stereocenters. The Morgan fingerprint density at radius 1 is 0.867 bits per heavy atom. The molecule has 4 nitrogen and oxygen atoms in total. The van der Waals surface area contributed by atoms with Crippen molar-refractivity contribution >= 4 is 16.8 Å². The molecule has 3 aromatic carbocycles. The molecule has 3 fully saturated rings. The highest BCUT2D eigenvalue weighted by molar-refractivity contribution is 6.09. The van der Waals surface area contributed by atoms with Gasteiger partial charge in [0.1, 0.15) is 0 Å². The predicted molar refractivity (Wildman–Crippen MR) is 172 cm³/mol. The van der Waals surface area contributed by atoms with Gasteiger partial charge < -0.3 is 10.2 Å². The van der Waals surface area contributed by atoms with Gasteiger partial charge in [-0.3, -0.25) is 4.79 Å². The van der Waals surface area contributed by atoms with E-state index in [-0.39, 0.29) is 5.91 Å². The minimum Gasteiger partial charge on any atom is -0.342 e. The molecule has 2 heterocycles. The Kier molecular flexibility index (Phi) is 8.15. The van der Waals surface area contributed by atoms with E-state index in [1.807, 2.05) is 54.6 Å². The zero-order valence-corrected chi connectivity index (χ0v) is 25.6. The normalized spacial score (nSPS) is 21.8. The monoisotopic (exact) mass is 611 g/mol. The van der Waals surface area contributed by atoms with Crippen LogP contribution in [0.5, 0.6) is 0 Å². The van der Waals surface area contributed by atoms with Gasteiger partial charge in [0.2, 0.25) is 0 Å². The Morgan fingerprint density at radius 3 is 2.29 bits per heavy atom. The van der Waals surface area contributed by atoms with Crippen LogP contribution in [0.15, 0.2) is 78.9 Å². The Morgan fingerprint density at radius 2 is 1.58 bits per heavy atom. The van der Waals surface area contributed by atoms with Crippen molar-refractivity contribution in [2.24, 2.45) is 5.92 Å². The van der Waals surface area contributed by atoms with Crippen LogP contribution in [-0.4, -0.2) is 34.9 Å². The Labute approximate surface area is 263 Å². The summed E-state index contributed by atoms with van der Waals surface area (Å²) in [6.45, 7) is 2.36. The highest BCUT2D eigenvalue weighted by Crippen LogP contribution is 2.46. The van der Waals surface area contributed by atoms with Crippen LogP contribution in [0.4, 0.5) is 13.2 Å². The van der Waals surface area contributed by atoms with Crippen molar-refractivity contribution in [1.29, 1.82) is 0 Å². The SMILES string of the molecule is O=C(NC1(c2ccccc2)CC1)c1c(CC2CCC(N3CCCCC3)CC2)c(-c2cccc(C(F)(F)F)c2)nc2ccccc12. The van der Waals surface area contributed by atoms with E-state index in [0.29, 0.717) is 40.7 Å². The Bertz CT molecular complexity index is 1670. The topological polar surface area (TPSA) is 45.2 Å². The van der Waals surface area contributed by atoms with Crippen molar-refractivity contribution in [2.45, 2.75) is 82.0 Å². The van der Waals surface area contributed by atoms with Gasteiger partial charge in [-0.1, -0.05) is 67.1 Å². The maximum atomic E-state index is 14.5. The van der Waals surface area contributed by atoms with Gasteiger partial charge in [0.05, 0.1) is 27.9 Å². The zero-order chi connectivity index (χ0) is 31.0. The first-order chi connectivity index (χ1) is 21.8. The summed E-state index contributed by atoms with van der Waals surface area (Å²) in [5.41, 5.74) is 2.73. The standard InChI is InChI=1S/C38H40F3N3O/c39-38(40,41)29-13-9-10-27(25-29)35-32(24-26-16-18-30(19-17-26)44-22-7-2-8-23-44)34(31-14-5-6-15-33(31)42-35)36(45)43-37(20-21-37)28-11-3-1-4-12-28/h1,3-6,9-15,25-26,30H,2,7-8,16-24H2,(H,43,45). The minimum atomic E-state index is -4.48. The molecule has 0 unspecified atom stereocenters. The van der Waals surface area contributed by atoms with Gasteiger partial charge in [-0.05, 0) is 106 Å². The number of aromatic nitrogens is 1. The van der Waals surface area contributed by atoms with Gasteiger partial charge in [-0.2, -0.15) is 13.2 Å². The van der Waals surface area contributed by atoms with Crippen molar-refractivity contribution in [3.63, 3.8) is 0 Å². The zero-order valence-electron chi connectivity index (χ0n) is 25.6. The molecular weight excluding hydrogens is 571 g/mol. The van der Waals surface area contributed by atoms with Crippen LogP contribution in [0.1, 0.15) is 84.8 Å². The fourth-order valence-corrected chi connectivity index (χ4v) is 7.73. The number of hydrogen-bond acceptors (Lipinski definition) is 3. The molecule has 3 aliphatic rings. The summed E-state index contributed by atoms with van der Waals surface area (Å²) in [5.74, 6) is 0.147. The number of nitrogens with one attached hydrogen (secondary N) is 1. The van der Waals surface area contributed by atoms with Gasteiger partial charge in [-0.15, -0.1) is 0 Å². The van der Waals surface area contributed by atoms with Crippen LogP contribution in [0.3, 0.4) is 0 Å². The number of piperidine rings is 1. The first kappa shape index (κ1) is 30.0. The summed E-state index contributed by atoms with van der Waals surface area (Å²) < 4.78 is 41.6. The van der Waals surface area contributed by atoms with E-state index in [0.717, 1.165) is 61.1 Å². The summed E-state index contributed by atoms with van der Waals surface area (Å²) in [6.07, 6.45) is 5.98. The second-order valence-electron chi connectivity index (χ2n) is 13.3. The van der Waals surface area contributed by atoms with Crippen LogP contribution >= 0.6 is 0 Å². The van der Waals surface area contributed by atoms with Gasteiger partial charge in [0.15, 0.2) is 0 Å². The van der Waals surface area contributed by atoms with E-state index in [2.05, 4.69) is 10.2 Å². The number of carbonyl (C=O) groups is 1. The maximum Gasteiger partial charge on any atom is 0.416 e. The first-order valence-corrected chi connectivity index (χ1v) is 16.5. The van der Waals surface area contributed by atoms with Crippen LogP contribution in [-0.2, 0) is 18.1 Å². The third kappa shape index (κ3) is 6.24. The lowest BCUT2D eigenvalue weighted by atomic mass is 9.79. The molecule has 0 radical (unpaired) electrons. The number of halogens is 3.